The minimum absolute atomic E-state index is 0.704. The highest BCUT2D eigenvalue weighted by molar-refractivity contribution is 5.85. The Labute approximate surface area is 123 Å². The van der Waals surface area contributed by atoms with Crippen molar-refractivity contribution in [1.29, 1.82) is 0 Å². The van der Waals surface area contributed by atoms with Gasteiger partial charge in [-0.05, 0) is 41.5 Å². The van der Waals surface area contributed by atoms with E-state index in [-0.39, 0.29) is 0 Å². The van der Waals surface area contributed by atoms with Crippen molar-refractivity contribution >= 4 is 17.7 Å². The second-order valence-electron chi connectivity index (χ2n) is 4.50. The number of hydrogen-bond donors (Lipinski definition) is 2. The lowest BCUT2D eigenvalue weighted by Gasteiger charge is -2.07. The first-order valence-electron chi connectivity index (χ1n) is 6.55. The number of methoxy groups -OCH3 is 1. The number of nitrogens with one attached hydrogen (secondary N) is 1. The van der Waals surface area contributed by atoms with Gasteiger partial charge in [-0.2, -0.15) is 0 Å². The number of anilines is 1. The summed E-state index contributed by atoms with van der Waals surface area (Å²) in [6.07, 6.45) is 2.70. The van der Waals surface area contributed by atoms with E-state index in [9.17, 15) is 4.79 Å². The molecule has 0 fully saturated rings. The minimum atomic E-state index is -0.944. The molecule has 108 valence electrons. The Morgan fingerprint density at radius 3 is 2.38 bits per heavy atom. The van der Waals surface area contributed by atoms with Crippen molar-refractivity contribution in [2.24, 2.45) is 0 Å². The number of benzene rings is 2. The summed E-state index contributed by atoms with van der Waals surface area (Å²) in [4.78, 5) is 10.4. The van der Waals surface area contributed by atoms with Gasteiger partial charge in [-0.25, -0.2) is 4.79 Å². The number of rotatable bonds is 6. The van der Waals surface area contributed by atoms with Gasteiger partial charge >= 0.3 is 5.97 Å². The molecule has 2 rings (SSSR count). The smallest absolute Gasteiger partial charge is 0.328 e. The molecule has 0 radical (unpaired) electrons. The molecule has 0 spiro atoms. The molecule has 0 amide bonds. The molecule has 0 saturated heterocycles. The first-order chi connectivity index (χ1) is 10.2. The molecule has 0 aromatic heterocycles. The molecular formula is C17H17NO3. The van der Waals surface area contributed by atoms with Gasteiger partial charge in [0, 0.05) is 18.3 Å². The second kappa shape index (κ2) is 7.14. The van der Waals surface area contributed by atoms with Gasteiger partial charge in [0.1, 0.15) is 5.75 Å². The number of carbonyl (C=O) groups is 1. The summed E-state index contributed by atoms with van der Waals surface area (Å²) in [5.74, 6) is -0.115. The van der Waals surface area contributed by atoms with E-state index in [0.717, 1.165) is 28.6 Å². The van der Waals surface area contributed by atoms with Crippen LogP contribution in [0.1, 0.15) is 11.1 Å². The summed E-state index contributed by atoms with van der Waals surface area (Å²) in [7, 11) is 1.64. The van der Waals surface area contributed by atoms with Crippen molar-refractivity contribution in [3.63, 3.8) is 0 Å². The van der Waals surface area contributed by atoms with E-state index in [0.29, 0.717) is 6.54 Å². The fraction of sp³-hybridized carbons (Fsp3) is 0.118. The van der Waals surface area contributed by atoms with Crippen LogP contribution < -0.4 is 10.1 Å². The lowest BCUT2D eigenvalue weighted by molar-refractivity contribution is -0.131. The van der Waals surface area contributed by atoms with Crippen LogP contribution in [0.2, 0.25) is 0 Å². The van der Waals surface area contributed by atoms with Gasteiger partial charge in [0.2, 0.25) is 0 Å². The van der Waals surface area contributed by atoms with Gasteiger partial charge in [-0.3, -0.25) is 0 Å². The maximum absolute atomic E-state index is 10.4. The fourth-order valence-corrected chi connectivity index (χ4v) is 1.83. The van der Waals surface area contributed by atoms with E-state index in [2.05, 4.69) is 5.32 Å². The van der Waals surface area contributed by atoms with Crippen molar-refractivity contribution in [2.45, 2.75) is 6.54 Å². The fourth-order valence-electron chi connectivity index (χ4n) is 1.83. The molecule has 2 aromatic rings. The average molecular weight is 283 g/mol. The standard InChI is InChI=1S/C17H17NO3/c1-21-16-9-7-15(8-10-16)18-12-14-4-2-13(3-5-14)6-11-17(19)20/h2-11,18H,12H2,1H3,(H,19,20). The van der Waals surface area contributed by atoms with Crippen molar-refractivity contribution in [3.05, 3.63) is 65.7 Å². The quantitative estimate of drug-likeness (QED) is 0.798. The SMILES string of the molecule is COc1ccc(NCc2ccc(C=CC(=O)O)cc2)cc1. The molecule has 0 atom stereocenters. The molecule has 0 saturated carbocycles. The van der Waals surface area contributed by atoms with E-state index in [1.54, 1.807) is 13.2 Å². The summed E-state index contributed by atoms with van der Waals surface area (Å²) < 4.78 is 5.11. The number of carboxylic acids is 1. The Morgan fingerprint density at radius 2 is 1.81 bits per heavy atom. The molecular weight excluding hydrogens is 266 g/mol. The van der Waals surface area contributed by atoms with E-state index in [1.807, 2.05) is 48.5 Å². The van der Waals surface area contributed by atoms with Crippen molar-refractivity contribution in [1.82, 2.24) is 0 Å². The van der Waals surface area contributed by atoms with Gasteiger partial charge < -0.3 is 15.2 Å². The predicted octanol–water partition coefficient (Wildman–Crippen LogP) is 3.41. The Morgan fingerprint density at radius 1 is 1.14 bits per heavy atom. The van der Waals surface area contributed by atoms with Gasteiger partial charge in [0.05, 0.1) is 7.11 Å². The molecule has 4 heteroatoms. The van der Waals surface area contributed by atoms with E-state index >= 15 is 0 Å². The Hall–Kier alpha value is -2.75. The molecule has 0 aliphatic carbocycles. The van der Waals surface area contributed by atoms with Gasteiger partial charge in [0.15, 0.2) is 0 Å². The molecule has 0 bridgehead atoms. The largest absolute Gasteiger partial charge is 0.497 e. The van der Waals surface area contributed by atoms with Crippen LogP contribution in [-0.4, -0.2) is 18.2 Å². The van der Waals surface area contributed by atoms with Crippen LogP contribution in [0.4, 0.5) is 5.69 Å². The summed E-state index contributed by atoms with van der Waals surface area (Å²) in [6.45, 7) is 0.704. The summed E-state index contributed by atoms with van der Waals surface area (Å²) >= 11 is 0. The van der Waals surface area contributed by atoms with Crippen LogP contribution in [0.5, 0.6) is 5.75 Å². The summed E-state index contributed by atoms with van der Waals surface area (Å²) in [6, 6.07) is 15.5. The predicted molar refractivity (Wildman–Crippen MR) is 83.4 cm³/mol. The molecule has 0 heterocycles. The van der Waals surface area contributed by atoms with E-state index < -0.39 is 5.97 Å². The molecule has 21 heavy (non-hydrogen) atoms. The summed E-state index contributed by atoms with van der Waals surface area (Å²) in [5, 5.41) is 11.9. The van der Waals surface area contributed by atoms with Crippen LogP contribution in [-0.2, 0) is 11.3 Å². The molecule has 2 N–H and O–H groups in total. The van der Waals surface area contributed by atoms with Crippen molar-refractivity contribution in [2.75, 3.05) is 12.4 Å². The second-order valence-corrected chi connectivity index (χ2v) is 4.50. The molecule has 0 aliphatic heterocycles. The highest BCUT2D eigenvalue weighted by Crippen LogP contribution is 2.16. The number of hydrogen-bond acceptors (Lipinski definition) is 3. The van der Waals surface area contributed by atoms with Crippen LogP contribution in [0.15, 0.2) is 54.6 Å². The van der Waals surface area contributed by atoms with Crippen LogP contribution in [0.3, 0.4) is 0 Å². The van der Waals surface area contributed by atoms with Gasteiger partial charge in [-0.1, -0.05) is 24.3 Å². The normalized spacial score (nSPS) is 10.5. The third-order valence-electron chi connectivity index (χ3n) is 2.98. The summed E-state index contributed by atoms with van der Waals surface area (Å²) in [5.41, 5.74) is 3.01. The Kier molecular flexibility index (Phi) is 4.99. The van der Waals surface area contributed by atoms with Crippen LogP contribution in [0, 0.1) is 0 Å². The van der Waals surface area contributed by atoms with E-state index in [4.69, 9.17) is 9.84 Å². The van der Waals surface area contributed by atoms with Crippen LogP contribution in [0.25, 0.3) is 6.08 Å². The number of ether oxygens (including phenoxy) is 1. The molecule has 4 nitrogen and oxygen atoms in total. The minimum Gasteiger partial charge on any atom is -0.497 e. The first-order valence-corrected chi connectivity index (χ1v) is 6.55. The first kappa shape index (κ1) is 14.7. The third-order valence-corrected chi connectivity index (χ3v) is 2.98. The molecule has 2 aromatic carbocycles. The molecule has 0 aliphatic rings. The van der Waals surface area contributed by atoms with Crippen molar-refractivity contribution < 1.29 is 14.6 Å². The Bertz CT molecular complexity index is 615. The monoisotopic (exact) mass is 283 g/mol. The number of aliphatic carboxylic acids is 1. The molecule has 0 unspecified atom stereocenters. The van der Waals surface area contributed by atoms with Crippen molar-refractivity contribution in [3.8, 4) is 5.75 Å². The maximum Gasteiger partial charge on any atom is 0.328 e. The third kappa shape index (κ3) is 4.69. The highest BCUT2D eigenvalue weighted by Gasteiger charge is 1.96. The van der Waals surface area contributed by atoms with Crippen LogP contribution >= 0.6 is 0 Å². The Balaban J connectivity index is 1.92. The zero-order valence-electron chi connectivity index (χ0n) is 11.7. The maximum atomic E-state index is 10.4. The van der Waals surface area contributed by atoms with E-state index in [1.165, 1.54) is 0 Å². The average Bonchev–Trinajstić information content (AvgIpc) is 2.52. The lowest BCUT2D eigenvalue weighted by Crippen LogP contribution is -1.99. The topological polar surface area (TPSA) is 58.6 Å². The highest BCUT2D eigenvalue weighted by atomic mass is 16.5. The zero-order chi connectivity index (χ0) is 15.1. The van der Waals surface area contributed by atoms with Gasteiger partial charge in [-0.15, -0.1) is 0 Å². The van der Waals surface area contributed by atoms with Gasteiger partial charge in [0.25, 0.3) is 0 Å². The number of carboxylic acid groups (broad SMARTS) is 1. The zero-order valence-corrected chi connectivity index (χ0v) is 11.7. The lowest BCUT2D eigenvalue weighted by atomic mass is 10.1.